The third-order valence-corrected chi connectivity index (χ3v) is 4.28. The Labute approximate surface area is 135 Å². The second-order valence-electron chi connectivity index (χ2n) is 4.54. The van der Waals surface area contributed by atoms with E-state index >= 15 is 0 Å². The average Bonchev–Trinajstić information content (AvgIpc) is 2.49. The predicted molar refractivity (Wildman–Crippen MR) is 89.6 cm³/mol. The number of ether oxygens (including phenoxy) is 1. The van der Waals surface area contributed by atoms with Gasteiger partial charge in [-0.3, -0.25) is 4.98 Å². The summed E-state index contributed by atoms with van der Waals surface area (Å²) in [6.45, 7) is 0.362. The molecule has 3 rings (SSSR count). The molecule has 2 aromatic carbocycles. The molecule has 0 spiro atoms. The minimum Gasteiger partial charge on any atom is -0.486 e. The largest absolute Gasteiger partial charge is 0.486 e. The number of hydrogen-bond acceptors (Lipinski definition) is 3. The van der Waals surface area contributed by atoms with E-state index in [0.29, 0.717) is 23.1 Å². The molecule has 1 aromatic heterocycles. The van der Waals surface area contributed by atoms with E-state index in [1.165, 1.54) is 0 Å². The average molecular weight is 364 g/mol. The Morgan fingerprint density at radius 2 is 2.00 bits per heavy atom. The molecular weight excluding hydrogens is 352 g/mol. The molecule has 0 saturated carbocycles. The van der Waals surface area contributed by atoms with Crippen molar-refractivity contribution < 1.29 is 4.74 Å². The summed E-state index contributed by atoms with van der Waals surface area (Å²) in [7, 11) is 0. The molecule has 0 aliphatic heterocycles. The molecule has 5 heteroatoms. The van der Waals surface area contributed by atoms with E-state index in [2.05, 4.69) is 20.9 Å². The first-order chi connectivity index (χ1) is 10.2. The summed E-state index contributed by atoms with van der Waals surface area (Å²) >= 11 is 9.66. The van der Waals surface area contributed by atoms with Crippen molar-refractivity contribution in [1.82, 2.24) is 4.98 Å². The summed E-state index contributed by atoms with van der Waals surface area (Å²) < 4.78 is 6.82. The van der Waals surface area contributed by atoms with Gasteiger partial charge in [-0.2, -0.15) is 0 Å². The Bertz CT molecular complexity index is 787. The quantitative estimate of drug-likeness (QED) is 0.679. The molecule has 3 aromatic rings. The van der Waals surface area contributed by atoms with Crippen LogP contribution in [0.15, 0.2) is 53.1 Å². The number of nitrogens with two attached hydrogens (primary N) is 1. The van der Waals surface area contributed by atoms with Crippen molar-refractivity contribution in [3.63, 3.8) is 0 Å². The molecule has 21 heavy (non-hydrogen) atoms. The van der Waals surface area contributed by atoms with Crippen molar-refractivity contribution in [2.24, 2.45) is 0 Å². The standard InChI is InChI=1S/C16H12BrClN2O/c17-12-4-1-5-14(19)11(12)9-21-15-7-6-13(18)10-3-2-8-20-16(10)15/h1-8H,9,19H2. The second-order valence-corrected chi connectivity index (χ2v) is 5.80. The minimum atomic E-state index is 0.362. The van der Waals surface area contributed by atoms with Gasteiger partial charge >= 0.3 is 0 Å². The van der Waals surface area contributed by atoms with E-state index in [4.69, 9.17) is 22.1 Å². The lowest BCUT2D eigenvalue weighted by Gasteiger charge is -2.12. The first-order valence-electron chi connectivity index (χ1n) is 6.35. The fourth-order valence-corrected chi connectivity index (χ4v) is 2.82. The molecule has 2 N–H and O–H groups in total. The molecule has 0 saturated heterocycles. The topological polar surface area (TPSA) is 48.1 Å². The summed E-state index contributed by atoms with van der Waals surface area (Å²) in [6.07, 6.45) is 1.72. The molecular formula is C16H12BrClN2O. The van der Waals surface area contributed by atoms with Crippen molar-refractivity contribution in [2.45, 2.75) is 6.61 Å². The number of nitrogens with zero attached hydrogens (tertiary/aromatic N) is 1. The van der Waals surface area contributed by atoms with Crippen LogP contribution in [0.4, 0.5) is 5.69 Å². The third-order valence-electron chi connectivity index (χ3n) is 3.21. The molecule has 0 atom stereocenters. The zero-order valence-corrected chi connectivity index (χ0v) is 13.4. The summed E-state index contributed by atoms with van der Waals surface area (Å²) in [5.41, 5.74) is 8.33. The molecule has 106 valence electrons. The number of benzene rings is 2. The maximum atomic E-state index is 6.17. The number of rotatable bonds is 3. The van der Waals surface area contributed by atoms with Crippen molar-refractivity contribution in [1.29, 1.82) is 0 Å². The van der Waals surface area contributed by atoms with E-state index < -0.39 is 0 Å². The van der Waals surface area contributed by atoms with Crippen LogP contribution >= 0.6 is 27.5 Å². The van der Waals surface area contributed by atoms with Gasteiger partial charge in [-0.05, 0) is 36.4 Å². The number of nitrogen functional groups attached to an aromatic ring is 1. The van der Waals surface area contributed by atoms with E-state index in [1.54, 1.807) is 6.20 Å². The third kappa shape index (κ3) is 2.82. The SMILES string of the molecule is Nc1cccc(Br)c1COc1ccc(Cl)c2cccnc12. The Kier molecular flexibility index (Phi) is 3.99. The summed E-state index contributed by atoms with van der Waals surface area (Å²) in [4.78, 5) is 4.35. The van der Waals surface area contributed by atoms with Gasteiger partial charge in [0.15, 0.2) is 0 Å². The van der Waals surface area contributed by atoms with Gasteiger partial charge in [0.05, 0.1) is 5.02 Å². The number of aromatic nitrogens is 1. The Balaban J connectivity index is 1.94. The van der Waals surface area contributed by atoms with E-state index in [9.17, 15) is 0 Å². The highest BCUT2D eigenvalue weighted by atomic mass is 79.9. The Morgan fingerprint density at radius 3 is 2.81 bits per heavy atom. The molecule has 0 amide bonds. The van der Waals surface area contributed by atoms with Gasteiger partial charge in [0.25, 0.3) is 0 Å². The van der Waals surface area contributed by atoms with Crippen molar-refractivity contribution in [2.75, 3.05) is 5.73 Å². The lowest BCUT2D eigenvalue weighted by molar-refractivity contribution is 0.309. The van der Waals surface area contributed by atoms with Crippen molar-refractivity contribution in [3.05, 3.63) is 63.7 Å². The highest BCUT2D eigenvalue weighted by Crippen LogP contribution is 2.31. The minimum absolute atomic E-state index is 0.362. The number of anilines is 1. The van der Waals surface area contributed by atoms with E-state index in [1.807, 2.05) is 42.5 Å². The summed E-state index contributed by atoms with van der Waals surface area (Å²) in [5, 5.41) is 1.53. The summed E-state index contributed by atoms with van der Waals surface area (Å²) in [6, 6.07) is 13.1. The zero-order chi connectivity index (χ0) is 14.8. The van der Waals surface area contributed by atoms with Crippen LogP contribution in [0.25, 0.3) is 10.9 Å². The van der Waals surface area contributed by atoms with Gasteiger partial charge < -0.3 is 10.5 Å². The summed E-state index contributed by atoms with van der Waals surface area (Å²) in [5.74, 6) is 0.685. The van der Waals surface area contributed by atoms with Crippen LogP contribution in [0.5, 0.6) is 5.75 Å². The number of pyridine rings is 1. The monoisotopic (exact) mass is 362 g/mol. The van der Waals surface area contributed by atoms with Crippen LogP contribution in [-0.4, -0.2) is 4.98 Å². The van der Waals surface area contributed by atoms with Crippen LogP contribution < -0.4 is 10.5 Å². The second kappa shape index (κ2) is 5.92. The highest BCUT2D eigenvalue weighted by molar-refractivity contribution is 9.10. The van der Waals surface area contributed by atoms with Gasteiger partial charge in [0.2, 0.25) is 0 Å². The Hall–Kier alpha value is -1.78. The van der Waals surface area contributed by atoms with Gasteiger partial charge in [-0.1, -0.05) is 33.6 Å². The van der Waals surface area contributed by atoms with Gasteiger partial charge in [-0.15, -0.1) is 0 Å². The first-order valence-corrected chi connectivity index (χ1v) is 7.53. The molecule has 0 radical (unpaired) electrons. The number of halogens is 2. The molecule has 3 nitrogen and oxygen atoms in total. The maximum absolute atomic E-state index is 6.17. The maximum Gasteiger partial charge on any atom is 0.146 e. The van der Waals surface area contributed by atoms with Gasteiger partial charge in [-0.25, -0.2) is 0 Å². The molecule has 0 bridgehead atoms. The van der Waals surface area contributed by atoms with Crippen LogP contribution in [0.2, 0.25) is 5.02 Å². The molecule has 0 aliphatic carbocycles. The number of fused-ring (bicyclic) bond motifs is 1. The fraction of sp³-hybridized carbons (Fsp3) is 0.0625. The predicted octanol–water partition coefficient (Wildman–Crippen LogP) is 4.81. The van der Waals surface area contributed by atoms with Crippen LogP contribution in [0.1, 0.15) is 5.56 Å². The van der Waals surface area contributed by atoms with Crippen LogP contribution in [0.3, 0.4) is 0 Å². The van der Waals surface area contributed by atoms with Crippen LogP contribution in [-0.2, 0) is 6.61 Å². The van der Waals surface area contributed by atoms with Crippen molar-refractivity contribution >= 4 is 44.1 Å². The molecule has 1 heterocycles. The highest BCUT2D eigenvalue weighted by Gasteiger charge is 2.09. The molecule has 0 fully saturated rings. The van der Waals surface area contributed by atoms with E-state index in [0.717, 1.165) is 20.9 Å². The number of hydrogen-bond donors (Lipinski definition) is 1. The smallest absolute Gasteiger partial charge is 0.146 e. The van der Waals surface area contributed by atoms with Gasteiger partial charge in [0.1, 0.15) is 17.9 Å². The van der Waals surface area contributed by atoms with Crippen molar-refractivity contribution in [3.8, 4) is 5.75 Å². The Morgan fingerprint density at radius 1 is 1.14 bits per heavy atom. The fourth-order valence-electron chi connectivity index (χ4n) is 2.11. The van der Waals surface area contributed by atoms with Crippen LogP contribution in [0, 0.1) is 0 Å². The normalized spacial score (nSPS) is 10.8. The van der Waals surface area contributed by atoms with E-state index in [-0.39, 0.29) is 0 Å². The lowest BCUT2D eigenvalue weighted by Crippen LogP contribution is -2.02. The van der Waals surface area contributed by atoms with Gasteiger partial charge in [0, 0.05) is 27.3 Å². The zero-order valence-electron chi connectivity index (χ0n) is 11.0. The lowest BCUT2D eigenvalue weighted by atomic mass is 10.2. The first kappa shape index (κ1) is 14.2. The molecule has 0 aliphatic rings. The molecule has 0 unspecified atom stereocenters.